The van der Waals surface area contributed by atoms with Crippen molar-refractivity contribution < 1.29 is 4.57 Å². The molecule has 2 aromatic heterocycles. The topological polar surface area (TPSA) is 40.6 Å². The number of pyridine rings is 1. The van der Waals surface area contributed by atoms with Gasteiger partial charge in [-0.1, -0.05) is 11.3 Å². The first-order valence-corrected chi connectivity index (χ1v) is 4.64. The van der Waals surface area contributed by atoms with Gasteiger partial charge in [-0.25, -0.2) is 4.57 Å². The standard InChI is InChI=1S/C9H6N3S/c10-4-8-2-1-3-12(5-8)9-6-13-7-11-9/h1-3,5-7H/q+1. The molecular formula is C9H6N3S+. The molecule has 0 saturated heterocycles. The summed E-state index contributed by atoms with van der Waals surface area (Å²) >= 11 is 1.53. The van der Waals surface area contributed by atoms with Crippen molar-refractivity contribution in [2.45, 2.75) is 0 Å². The second kappa shape index (κ2) is 3.33. The molecule has 0 atom stereocenters. The Hall–Kier alpha value is -1.73. The first kappa shape index (κ1) is 7.90. The van der Waals surface area contributed by atoms with Crippen molar-refractivity contribution in [1.29, 1.82) is 5.26 Å². The zero-order valence-electron chi connectivity index (χ0n) is 6.71. The van der Waals surface area contributed by atoms with E-state index in [-0.39, 0.29) is 0 Å². The highest BCUT2D eigenvalue weighted by atomic mass is 32.1. The molecule has 62 valence electrons. The zero-order valence-corrected chi connectivity index (χ0v) is 7.53. The Labute approximate surface area is 79.5 Å². The lowest BCUT2D eigenvalue weighted by Gasteiger charge is -1.91. The first-order valence-electron chi connectivity index (χ1n) is 3.70. The number of thiazole rings is 1. The molecule has 2 heterocycles. The highest BCUT2D eigenvalue weighted by Gasteiger charge is 2.06. The normalized spacial score (nSPS) is 9.46. The van der Waals surface area contributed by atoms with Crippen molar-refractivity contribution in [2.75, 3.05) is 0 Å². The molecule has 0 N–H and O–H groups in total. The Morgan fingerprint density at radius 3 is 3.15 bits per heavy atom. The molecule has 13 heavy (non-hydrogen) atoms. The van der Waals surface area contributed by atoms with Crippen molar-refractivity contribution in [3.8, 4) is 11.9 Å². The molecule has 0 bridgehead atoms. The molecule has 0 spiro atoms. The third-order valence-electron chi connectivity index (χ3n) is 1.61. The summed E-state index contributed by atoms with van der Waals surface area (Å²) < 4.78 is 1.83. The van der Waals surface area contributed by atoms with E-state index in [0.29, 0.717) is 5.56 Å². The Morgan fingerprint density at radius 2 is 2.46 bits per heavy atom. The fraction of sp³-hybridized carbons (Fsp3) is 0. The monoisotopic (exact) mass is 188 g/mol. The Morgan fingerprint density at radius 1 is 1.54 bits per heavy atom. The predicted octanol–water partition coefficient (Wildman–Crippen LogP) is 1.29. The summed E-state index contributed by atoms with van der Waals surface area (Å²) in [5.41, 5.74) is 2.40. The molecule has 0 unspecified atom stereocenters. The fourth-order valence-electron chi connectivity index (χ4n) is 1.02. The van der Waals surface area contributed by atoms with Gasteiger partial charge < -0.3 is 0 Å². The van der Waals surface area contributed by atoms with Crippen LogP contribution in [0.3, 0.4) is 0 Å². The summed E-state index contributed by atoms with van der Waals surface area (Å²) in [4.78, 5) is 4.13. The molecule has 3 nitrogen and oxygen atoms in total. The molecule has 0 saturated carbocycles. The van der Waals surface area contributed by atoms with Crippen LogP contribution in [0.5, 0.6) is 0 Å². The average molecular weight is 188 g/mol. The van der Waals surface area contributed by atoms with Gasteiger partial charge in [0.1, 0.15) is 12.3 Å². The van der Waals surface area contributed by atoms with Gasteiger partial charge in [-0.15, -0.1) is 0 Å². The lowest BCUT2D eigenvalue weighted by Crippen LogP contribution is -2.30. The molecule has 4 heteroatoms. The van der Waals surface area contributed by atoms with Gasteiger partial charge in [-0.3, -0.25) is 0 Å². The van der Waals surface area contributed by atoms with Gasteiger partial charge in [0, 0.05) is 0 Å². The van der Waals surface area contributed by atoms with E-state index in [1.54, 1.807) is 17.8 Å². The molecule has 0 amide bonds. The second-order valence-corrected chi connectivity index (χ2v) is 3.18. The minimum absolute atomic E-state index is 0.635. The van der Waals surface area contributed by atoms with Crippen LogP contribution in [0.25, 0.3) is 5.82 Å². The summed E-state index contributed by atoms with van der Waals surface area (Å²) in [7, 11) is 0. The second-order valence-electron chi connectivity index (χ2n) is 2.46. The number of nitriles is 1. The van der Waals surface area contributed by atoms with E-state index in [1.807, 2.05) is 22.2 Å². The van der Waals surface area contributed by atoms with E-state index in [4.69, 9.17) is 5.26 Å². The quantitative estimate of drug-likeness (QED) is 0.633. The predicted molar refractivity (Wildman–Crippen MR) is 48.4 cm³/mol. The van der Waals surface area contributed by atoms with E-state index in [1.165, 1.54) is 11.3 Å². The SMILES string of the molecule is N#Cc1ccc[n+](-c2cscn2)c1. The average Bonchev–Trinajstić information content (AvgIpc) is 2.71. The number of aromatic nitrogens is 2. The van der Waals surface area contributed by atoms with E-state index >= 15 is 0 Å². The van der Waals surface area contributed by atoms with Crippen LogP contribution >= 0.6 is 11.3 Å². The van der Waals surface area contributed by atoms with Crippen LogP contribution in [0.1, 0.15) is 5.56 Å². The maximum atomic E-state index is 8.68. The molecule has 0 aromatic carbocycles. The van der Waals surface area contributed by atoms with Gasteiger partial charge in [-0.2, -0.15) is 5.26 Å². The summed E-state index contributed by atoms with van der Waals surface area (Å²) in [5.74, 6) is 0.849. The number of hydrogen-bond donors (Lipinski definition) is 0. The van der Waals surface area contributed by atoms with Crippen molar-refractivity contribution in [3.05, 3.63) is 41.0 Å². The van der Waals surface area contributed by atoms with Crippen LogP contribution in [-0.4, -0.2) is 4.98 Å². The van der Waals surface area contributed by atoms with E-state index < -0.39 is 0 Å². The summed E-state index contributed by atoms with van der Waals surface area (Å²) in [6.45, 7) is 0. The van der Waals surface area contributed by atoms with Crippen LogP contribution < -0.4 is 4.57 Å². The van der Waals surface area contributed by atoms with Gasteiger partial charge in [0.25, 0.3) is 0 Å². The summed E-state index contributed by atoms with van der Waals surface area (Å²) in [6, 6.07) is 5.68. The van der Waals surface area contributed by atoms with Crippen LogP contribution in [-0.2, 0) is 0 Å². The molecular weight excluding hydrogens is 182 g/mol. The van der Waals surface area contributed by atoms with Crippen molar-refractivity contribution in [2.24, 2.45) is 0 Å². The summed E-state index contributed by atoms with van der Waals surface area (Å²) in [6.07, 6.45) is 3.63. The van der Waals surface area contributed by atoms with Gasteiger partial charge in [0.05, 0.1) is 17.1 Å². The van der Waals surface area contributed by atoms with E-state index in [2.05, 4.69) is 11.1 Å². The zero-order chi connectivity index (χ0) is 9.10. The lowest BCUT2D eigenvalue weighted by molar-refractivity contribution is -0.599. The van der Waals surface area contributed by atoms with E-state index in [0.717, 1.165) is 5.82 Å². The molecule has 0 fully saturated rings. The highest BCUT2D eigenvalue weighted by Crippen LogP contribution is 2.00. The Balaban J connectivity index is 2.49. The summed E-state index contributed by atoms with van der Waals surface area (Å²) in [5, 5.41) is 10.6. The van der Waals surface area contributed by atoms with Crippen molar-refractivity contribution >= 4 is 11.3 Å². The molecule has 2 aromatic rings. The third-order valence-corrected chi connectivity index (χ3v) is 2.19. The van der Waals surface area contributed by atoms with Gasteiger partial charge in [0.15, 0.2) is 5.51 Å². The van der Waals surface area contributed by atoms with Crippen molar-refractivity contribution in [1.82, 2.24) is 4.98 Å². The Kier molecular flexibility index (Phi) is 2.02. The maximum Gasteiger partial charge on any atom is 0.338 e. The molecule has 0 radical (unpaired) electrons. The fourth-order valence-corrected chi connectivity index (χ4v) is 1.55. The smallest absolute Gasteiger partial charge is 0.201 e. The van der Waals surface area contributed by atoms with Crippen LogP contribution in [0.4, 0.5) is 0 Å². The van der Waals surface area contributed by atoms with Crippen molar-refractivity contribution in [3.63, 3.8) is 0 Å². The number of rotatable bonds is 1. The molecule has 0 aliphatic rings. The van der Waals surface area contributed by atoms with Crippen LogP contribution in [0, 0.1) is 11.3 Å². The Bertz CT molecular complexity index is 442. The minimum Gasteiger partial charge on any atom is -0.201 e. The first-order chi connectivity index (χ1) is 6.40. The number of nitrogens with zero attached hydrogens (tertiary/aromatic N) is 3. The molecule has 2 rings (SSSR count). The van der Waals surface area contributed by atoms with Gasteiger partial charge in [0.2, 0.25) is 0 Å². The largest absolute Gasteiger partial charge is 0.338 e. The number of hydrogen-bond acceptors (Lipinski definition) is 3. The minimum atomic E-state index is 0.635. The highest BCUT2D eigenvalue weighted by molar-refractivity contribution is 7.07. The third kappa shape index (κ3) is 1.55. The van der Waals surface area contributed by atoms with Gasteiger partial charge in [-0.05, 0) is 17.1 Å². The maximum absolute atomic E-state index is 8.68. The van der Waals surface area contributed by atoms with Crippen LogP contribution in [0.2, 0.25) is 0 Å². The van der Waals surface area contributed by atoms with Gasteiger partial charge >= 0.3 is 5.82 Å². The van der Waals surface area contributed by atoms with Crippen LogP contribution in [0.15, 0.2) is 35.4 Å². The molecule has 0 aliphatic carbocycles. The van der Waals surface area contributed by atoms with E-state index in [9.17, 15) is 0 Å². The lowest BCUT2D eigenvalue weighted by atomic mass is 10.3. The molecule has 0 aliphatic heterocycles.